The van der Waals surface area contributed by atoms with Gasteiger partial charge in [-0.2, -0.15) is 5.10 Å². The molecule has 2 bridgehead atoms. The molecule has 8 nitrogen and oxygen atoms in total. The number of benzene rings is 1. The number of fused-ring (bicyclic) bond motifs is 5. The average molecular weight is 488 g/mol. The number of hydrogen-bond donors (Lipinski definition) is 0. The van der Waals surface area contributed by atoms with Crippen molar-refractivity contribution in [1.82, 2.24) is 19.7 Å². The van der Waals surface area contributed by atoms with E-state index in [0.29, 0.717) is 12.6 Å². The van der Waals surface area contributed by atoms with Gasteiger partial charge in [0, 0.05) is 54.8 Å². The van der Waals surface area contributed by atoms with Crippen LogP contribution in [0.4, 0.5) is 10.6 Å². The number of hydrogen-bond acceptors (Lipinski definition) is 6. The summed E-state index contributed by atoms with van der Waals surface area (Å²) < 4.78 is 13.6. The third-order valence-electron chi connectivity index (χ3n) is 7.57. The van der Waals surface area contributed by atoms with Crippen molar-refractivity contribution in [3.05, 3.63) is 54.5 Å². The third-order valence-corrected chi connectivity index (χ3v) is 7.57. The molecule has 2 saturated heterocycles. The molecule has 8 heteroatoms. The summed E-state index contributed by atoms with van der Waals surface area (Å²) in [6.07, 6.45) is 7.46. The van der Waals surface area contributed by atoms with Gasteiger partial charge in [0.05, 0.1) is 11.4 Å². The summed E-state index contributed by atoms with van der Waals surface area (Å²) in [5.74, 6) is 1.80. The van der Waals surface area contributed by atoms with Crippen LogP contribution in [-0.2, 0) is 11.3 Å². The highest BCUT2D eigenvalue weighted by Gasteiger charge is 2.46. The molecule has 0 aliphatic carbocycles. The predicted molar refractivity (Wildman–Crippen MR) is 137 cm³/mol. The minimum Gasteiger partial charge on any atom is -0.487 e. The maximum Gasteiger partial charge on any atom is 0.410 e. The van der Waals surface area contributed by atoms with Crippen molar-refractivity contribution in [3.8, 4) is 22.6 Å². The summed E-state index contributed by atoms with van der Waals surface area (Å²) in [6, 6.07) is 13.1. The zero-order valence-electron chi connectivity index (χ0n) is 21.3. The molecule has 0 spiro atoms. The van der Waals surface area contributed by atoms with Crippen molar-refractivity contribution >= 4 is 11.9 Å². The Kier molecular flexibility index (Phi) is 5.43. The number of carbonyl (C=O) groups is 1. The molecule has 3 atom stereocenters. The van der Waals surface area contributed by atoms with Crippen LogP contribution in [0.1, 0.15) is 52.1 Å². The number of rotatable bonds is 3. The van der Waals surface area contributed by atoms with Crippen molar-refractivity contribution in [2.24, 2.45) is 0 Å². The van der Waals surface area contributed by atoms with Crippen LogP contribution in [0.25, 0.3) is 16.8 Å². The zero-order valence-corrected chi connectivity index (χ0v) is 21.3. The lowest BCUT2D eigenvalue weighted by atomic mass is 9.96. The Balaban J connectivity index is 1.19. The quantitative estimate of drug-likeness (QED) is 0.506. The van der Waals surface area contributed by atoms with Crippen LogP contribution >= 0.6 is 0 Å². The number of carbonyl (C=O) groups excluding carboxylic acids is 1. The highest BCUT2D eigenvalue weighted by Crippen LogP contribution is 2.41. The predicted octanol–water partition coefficient (Wildman–Crippen LogP) is 5.19. The number of piperidine rings is 1. The molecule has 2 aromatic heterocycles. The first-order chi connectivity index (χ1) is 17.3. The average Bonchev–Trinajstić information content (AvgIpc) is 3.48. The second-order valence-electron chi connectivity index (χ2n) is 11.1. The Morgan fingerprint density at radius 3 is 2.56 bits per heavy atom. The molecule has 1 unspecified atom stereocenters. The topological polar surface area (TPSA) is 72.7 Å². The Hall–Kier alpha value is -3.55. The molecular formula is C28H33N5O3. The molecule has 1 aromatic carbocycles. The summed E-state index contributed by atoms with van der Waals surface area (Å²) in [5.41, 5.74) is 3.61. The van der Waals surface area contributed by atoms with E-state index in [4.69, 9.17) is 14.5 Å². The number of pyridine rings is 1. The summed E-state index contributed by atoms with van der Waals surface area (Å²) in [6.45, 7) is 6.22. The van der Waals surface area contributed by atoms with Crippen molar-refractivity contribution in [2.75, 3.05) is 11.9 Å². The van der Waals surface area contributed by atoms with E-state index in [1.807, 2.05) is 48.7 Å². The maximum atomic E-state index is 12.8. The molecule has 0 radical (unpaired) electrons. The van der Waals surface area contributed by atoms with Crippen LogP contribution in [0.15, 0.2) is 48.8 Å². The maximum absolute atomic E-state index is 12.8. The van der Waals surface area contributed by atoms with E-state index in [9.17, 15) is 4.79 Å². The van der Waals surface area contributed by atoms with Gasteiger partial charge < -0.3 is 19.3 Å². The van der Waals surface area contributed by atoms with Gasteiger partial charge in [-0.1, -0.05) is 0 Å². The van der Waals surface area contributed by atoms with E-state index in [-0.39, 0.29) is 18.2 Å². The summed E-state index contributed by atoms with van der Waals surface area (Å²) >= 11 is 0. The molecule has 3 aliphatic rings. The normalized spacial score (nSPS) is 22.4. The van der Waals surface area contributed by atoms with Crippen molar-refractivity contribution in [3.63, 3.8) is 0 Å². The second kappa shape index (κ2) is 8.54. The monoisotopic (exact) mass is 487 g/mol. The highest BCUT2D eigenvalue weighted by atomic mass is 16.6. The van der Waals surface area contributed by atoms with Crippen LogP contribution in [0.3, 0.4) is 0 Å². The molecule has 0 saturated carbocycles. The van der Waals surface area contributed by atoms with E-state index >= 15 is 0 Å². The number of amides is 1. The first-order valence-electron chi connectivity index (χ1n) is 12.8. The fourth-order valence-electron chi connectivity index (χ4n) is 5.87. The SMILES string of the molecule is CN(c1ccc2c(n1)COc1cc(-n3cccn3)ccc1-2)C1C[C@H]2CC[C@@H](C1)N2C(=O)OC(C)(C)C. The van der Waals surface area contributed by atoms with Gasteiger partial charge in [0.2, 0.25) is 0 Å². The van der Waals surface area contributed by atoms with E-state index < -0.39 is 5.60 Å². The van der Waals surface area contributed by atoms with E-state index in [1.54, 1.807) is 6.20 Å². The minimum absolute atomic E-state index is 0.172. The highest BCUT2D eigenvalue weighted by molar-refractivity contribution is 5.76. The molecule has 3 aliphatic heterocycles. The van der Waals surface area contributed by atoms with E-state index in [1.165, 1.54) is 0 Å². The molecule has 188 valence electrons. The van der Waals surface area contributed by atoms with Crippen LogP contribution in [-0.4, -0.2) is 56.5 Å². The molecule has 6 rings (SSSR count). The summed E-state index contributed by atoms with van der Waals surface area (Å²) in [5, 5.41) is 4.31. The zero-order chi connectivity index (χ0) is 25.0. The van der Waals surface area contributed by atoms with E-state index in [2.05, 4.69) is 41.3 Å². The van der Waals surface area contributed by atoms with Crippen LogP contribution in [0.5, 0.6) is 5.75 Å². The Labute approximate surface area is 211 Å². The number of aromatic nitrogens is 3. The van der Waals surface area contributed by atoms with Gasteiger partial charge in [-0.15, -0.1) is 0 Å². The summed E-state index contributed by atoms with van der Waals surface area (Å²) in [7, 11) is 2.12. The molecule has 36 heavy (non-hydrogen) atoms. The number of nitrogens with zero attached hydrogens (tertiary/aromatic N) is 5. The Morgan fingerprint density at radius 1 is 1.11 bits per heavy atom. The first-order valence-corrected chi connectivity index (χ1v) is 12.8. The summed E-state index contributed by atoms with van der Waals surface area (Å²) in [4.78, 5) is 22.1. The molecule has 1 amide bonds. The van der Waals surface area contributed by atoms with Gasteiger partial charge >= 0.3 is 6.09 Å². The van der Waals surface area contributed by atoms with Crippen LogP contribution in [0, 0.1) is 0 Å². The lowest BCUT2D eigenvalue weighted by Gasteiger charge is -2.42. The fraction of sp³-hybridized carbons (Fsp3) is 0.464. The van der Waals surface area contributed by atoms with Gasteiger partial charge in [0.1, 0.15) is 23.8 Å². The molecule has 5 heterocycles. The standard InChI is InChI=1S/C28H33N5O3/c1-28(2,3)36-27(34)33-19-6-7-20(33)15-21(14-19)31(4)26-11-10-22-23-9-8-18(32-13-5-12-29-32)16-25(23)35-17-24(22)30-26/h5,8-13,16,19-21H,6-7,14-15,17H2,1-4H3/t19-,20+,21?. The largest absolute Gasteiger partial charge is 0.487 e. The third kappa shape index (κ3) is 4.08. The number of anilines is 1. The van der Waals surface area contributed by atoms with Gasteiger partial charge in [0.25, 0.3) is 0 Å². The van der Waals surface area contributed by atoms with Gasteiger partial charge in [0.15, 0.2) is 0 Å². The fourth-order valence-corrected chi connectivity index (χ4v) is 5.87. The smallest absolute Gasteiger partial charge is 0.410 e. The molecule has 0 N–H and O–H groups in total. The van der Waals surface area contributed by atoms with Crippen LogP contribution in [0.2, 0.25) is 0 Å². The molecule has 3 aromatic rings. The van der Waals surface area contributed by atoms with Gasteiger partial charge in [-0.05, 0) is 76.8 Å². The first kappa shape index (κ1) is 22.9. The molecule has 2 fully saturated rings. The second-order valence-corrected chi connectivity index (χ2v) is 11.1. The van der Waals surface area contributed by atoms with Crippen molar-refractivity contribution < 1.29 is 14.3 Å². The van der Waals surface area contributed by atoms with E-state index in [0.717, 1.165) is 59.8 Å². The van der Waals surface area contributed by atoms with Gasteiger partial charge in [-0.3, -0.25) is 0 Å². The minimum atomic E-state index is -0.474. The Bertz CT molecular complexity index is 1270. The Morgan fingerprint density at radius 2 is 1.86 bits per heavy atom. The van der Waals surface area contributed by atoms with Gasteiger partial charge in [-0.25, -0.2) is 14.5 Å². The van der Waals surface area contributed by atoms with Crippen LogP contribution < -0.4 is 9.64 Å². The molecular weight excluding hydrogens is 454 g/mol. The lowest BCUT2D eigenvalue weighted by Crippen LogP contribution is -2.53. The number of ether oxygens (including phenoxy) is 2. The van der Waals surface area contributed by atoms with Crippen molar-refractivity contribution in [2.45, 2.75) is 76.8 Å². The van der Waals surface area contributed by atoms with Crippen molar-refractivity contribution in [1.29, 1.82) is 0 Å². The lowest BCUT2D eigenvalue weighted by molar-refractivity contribution is 0.00597.